The summed E-state index contributed by atoms with van der Waals surface area (Å²) in [5.74, 6) is 0. The van der Waals surface area contributed by atoms with Crippen LogP contribution in [-0.2, 0) is 0 Å². The molecule has 0 aliphatic rings. The Morgan fingerprint density at radius 2 is 1.25 bits per heavy atom. The van der Waals surface area contributed by atoms with Crippen molar-refractivity contribution in [3.05, 3.63) is 0 Å². The van der Waals surface area contributed by atoms with Crippen molar-refractivity contribution in [2.75, 3.05) is 0 Å². The summed E-state index contributed by atoms with van der Waals surface area (Å²) < 4.78 is 14.1. The van der Waals surface area contributed by atoms with E-state index in [0.29, 0.717) is 0 Å². The van der Waals surface area contributed by atoms with Gasteiger partial charge in [0.15, 0.2) is 12.3 Å². The largest absolute Gasteiger partial charge is 0.307 e. The van der Waals surface area contributed by atoms with Crippen LogP contribution in [0.1, 0.15) is 0 Å². The van der Waals surface area contributed by atoms with Crippen LogP contribution < -0.4 is 0 Å². The van der Waals surface area contributed by atoms with E-state index >= 15 is 0 Å². The van der Waals surface area contributed by atoms with Crippen LogP contribution in [0.25, 0.3) is 0 Å². The van der Waals surface area contributed by atoms with Gasteiger partial charge in [-0.25, -0.2) is 0 Å². The van der Waals surface area contributed by atoms with Gasteiger partial charge >= 0.3 is 0 Å². The molecule has 2 N–H and O–H groups in total. The molecule has 4 heteroatoms. The maximum absolute atomic E-state index is 7.04. The summed E-state index contributed by atoms with van der Waals surface area (Å²) in [7, 11) is 0. The van der Waals surface area contributed by atoms with Crippen molar-refractivity contribution >= 4 is 50.1 Å². The summed E-state index contributed by atoms with van der Waals surface area (Å²) in [6.07, 6.45) is 0. The summed E-state index contributed by atoms with van der Waals surface area (Å²) in [4.78, 5) is 0. The first-order chi connectivity index (χ1) is 1.41. The standard InChI is InChI=1S/Ca.H2O2S/c;1-3-2/h;1-2H. The van der Waals surface area contributed by atoms with Crippen molar-refractivity contribution in [1.29, 1.82) is 0 Å². The topological polar surface area (TPSA) is 40.5 Å². The predicted molar refractivity (Wildman–Crippen MR) is 18.6 cm³/mol. The van der Waals surface area contributed by atoms with Gasteiger partial charge in [-0.15, -0.1) is 0 Å². The average molecular weight is 106 g/mol. The SMILES string of the molecule is OSO.[Ca]. The fourth-order valence-corrected chi connectivity index (χ4v) is 0. The van der Waals surface area contributed by atoms with Gasteiger partial charge < -0.3 is 9.11 Å². The third-order valence-electron chi connectivity index (χ3n) is 0. The number of rotatable bonds is 0. The molecule has 0 saturated heterocycles. The normalized spacial score (nSPS) is 4.50. The molecule has 0 unspecified atom stereocenters. The summed E-state index contributed by atoms with van der Waals surface area (Å²) in [5.41, 5.74) is 0. The van der Waals surface area contributed by atoms with Gasteiger partial charge in [0.05, 0.1) is 0 Å². The molecule has 22 valence electrons. The van der Waals surface area contributed by atoms with E-state index < -0.39 is 0 Å². The molecule has 0 atom stereocenters. The Morgan fingerprint density at radius 1 is 1.25 bits per heavy atom. The van der Waals surface area contributed by atoms with Crippen LogP contribution in [0.5, 0.6) is 0 Å². The molecule has 0 amide bonds. The fraction of sp³-hybridized carbons (Fsp3) is 0. The van der Waals surface area contributed by atoms with Gasteiger partial charge in [0.2, 0.25) is 0 Å². The Hall–Kier alpha value is 1.53. The van der Waals surface area contributed by atoms with Crippen molar-refractivity contribution in [1.82, 2.24) is 0 Å². The molecule has 4 heavy (non-hydrogen) atoms. The average Bonchev–Trinajstić information content (AvgIpc) is 0.918. The van der Waals surface area contributed by atoms with Gasteiger partial charge in [0, 0.05) is 37.7 Å². The smallest absolute Gasteiger partial charge is 0.152 e. The molecule has 2 nitrogen and oxygen atoms in total. The van der Waals surface area contributed by atoms with Crippen molar-refractivity contribution in [3.8, 4) is 0 Å². The van der Waals surface area contributed by atoms with Crippen LogP contribution >= 0.6 is 12.3 Å². The summed E-state index contributed by atoms with van der Waals surface area (Å²) in [6.45, 7) is 0. The first kappa shape index (κ1) is 9.11. The molecule has 0 saturated carbocycles. The van der Waals surface area contributed by atoms with Crippen LogP contribution in [0.3, 0.4) is 0 Å². The second-order valence-corrected chi connectivity index (χ2v) is 0.245. The van der Waals surface area contributed by atoms with Gasteiger partial charge in [0.25, 0.3) is 0 Å². The maximum Gasteiger partial charge on any atom is 0.152 e. The molecule has 2 radical (unpaired) electrons. The summed E-state index contributed by atoms with van der Waals surface area (Å²) >= 11 is -0.250. The van der Waals surface area contributed by atoms with E-state index in [0.717, 1.165) is 0 Å². The minimum absolute atomic E-state index is 0. The monoisotopic (exact) mass is 106 g/mol. The Bertz CT molecular complexity index is 6.00. The second kappa shape index (κ2) is 8.82. The first-order valence-electron chi connectivity index (χ1n) is 0.365. The molecular formula is H2CaO2S. The first-order valence-corrected chi connectivity index (χ1v) is 1.10. The van der Waals surface area contributed by atoms with Gasteiger partial charge in [-0.05, 0) is 0 Å². The summed E-state index contributed by atoms with van der Waals surface area (Å²) in [6, 6.07) is 0. The Balaban J connectivity index is 0. The van der Waals surface area contributed by atoms with Crippen molar-refractivity contribution in [2.45, 2.75) is 0 Å². The molecule has 0 bridgehead atoms. The Kier molecular flexibility index (Phi) is 20.1. The number of hydrogen-bond acceptors (Lipinski definition) is 3. The molecule has 0 aliphatic heterocycles. The second-order valence-electron chi connectivity index (χ2n) is 0.0816. The van der Waals surface area contributed by atoms with E-state index in [1.807, 2.05) is 0 Å². The van der Waals surface area contributed by atoms with Gasteiger partial charge in [-0.2, -0.15) is 0 Å². The third-order valence-corrected chi connectivity index (χ3v) is 0. The molecule has 0 aromatic carbocycles. The molecular weight excluding hydrogens is 104 g/mol. The quantitative estimate of drug-likeness (QED) is 0.344. The minimum Gasteiger partial charge on any atom is -0.307 e. The molecule has 0 aliphatic carbocycles. The molecule has 0 aromatic heterocycles. The van der Waals surface area contributed by atoms with Crippen LogP contribution in [0.2, 0.25) is 0 Å². The van der Waals surface area contributed by atoms with Crippen molar-refractivity contribution < 1.29 is 9.11 Å². The Morgan fingerprint density at radius 3 is 1.25 bits per heavy atom. The van der Waals surface area contributed by atoms with E-state index in [1.54, 1.807) is 0 Å². The summed E-state index contributed by atoms with van der Waals surface area (Å²) in [5, 5.41) is 0. The van der Waals surface area contributed by atoms with Crippen LogP contribution in [-0.4, -0.2) is 46.8 Å². The molecule has 0 heterocycles. The predicted octanol–water partition coefficient (Wildman–Crippen LogP) is 0.285. The van der Waals surface area contributed by atoms with Gasteiger partial charge in [0.1, 0.15) is 0 Å². The zero-order chi connectivity index (χ0) is 2.71. The number of hydrogen-bond donors (Lipinski definition) is 2. The van der Waals surface area contributed by atoms with Crippen molar-refractivity contribution in [3.63, 3.8) is 0 Å². The fourth-order valence-electron chi connectivity index (χ4n) is 0. The van der Waals surface area contributed by atoms with E-state index in [1.165, 1.54) is 0 Å². The van der Waals surface area contributed by atoms with Gasteiger partial charge in [-0.3, -0.25) is 0 Å². The third kappa shape index (κ3) is 9.65. The maximum atomic E-state index is 7.04. The molecule has 0 aromatic rings. The van der Waals surface area contributed by atoms with E-state index in [9.17, 15) is 0 Å². The van der Waals surface area contributed by atoms with Crippen LogP contribution in [0.15, 0.2) is 0 Å². The van der Waals surface area contributed by atoms with Crippen LogP contribution in [0, 0.1) is 0 Å². The van der Waals surface area contributed by atoms with E-state index in [2.05, 4.69) is 0 Å². The van der Waals surface area contributed by atoms with E-state index in [4.69, 9.17) is 9.11 Å². The molecule has 0 rings (SSSR count). The molecule has 0 fully saturated rings. The zero-order valence-electron chi connectivity index (χ0n) is 2.01. The Labute approximate surface area is 58.6 Å². The van der Waals surface area contributed by atoms with Crippen LogP contribution in [0.4, 0.5) is 0 Å². The molecule has 0 spiro atoms. The van der Waals surface area contributed by atoms with E-state index in [-0.39, 0.29) is 50.1 Å². The zero-order valence-corrected chi connectivity index (χ0v) is 5.03. The van der Waals surface area contributed by atoms with Gasteiger partial charge in [-0.1, -0.05) is 0 Å². The minimum atomic E-state index is -0.250. The van der Waals surface area contributed by atoms with Crippen molar-refractivity contribution in [2.24, 2.45) is 0 Å².